The van der Waals surface area contributed by atoms with Crippen LogP contribution in [0.5, 0.6) is 0 Å². The molecule has 0 heterocycles. The van der Waals surface area contributed by atoms with Crippen LogP contribution in [0.15, 0.2) is 12.7 Å². The van der Waals surface area contributed by atoms with E-state index in [-0.39, 0.29) is 5.78 Å². The van der Waals surface area contributed by atoms with Gasteiger partial charge in [0.05, 0.1) is 5.54 Å². The first-order valence-electron chi connectivity index (χ1n) is 6.02. The molecular weight excluding hydrogens is 186 g/mol. The van der Waals surface area contributed by atoms with E-state index in [2.05, 4.69) is 6.58 Å². The second-order valence-corrected chi connectivity index (χ2v) is 4.87. The lowest BCUT2D eigenvalue weighted by molar-refractivity contribution is -0.124. The SMILES string of the molecule is C=CCCCCCC(=O)C(C)(N)C1CC1. The molecule has 1 atom stereocenters. The van der Waals surface area contributed by atoms with Gasteiger partial charge in [0.25, 0.3) is 0 Å². The number of carbonyl (C=O) groups is 1. The van der Waals surface area contributed by atoms with Gasteiger partial charge in [-0.2, -0.15) is 0 Å². The lowest BCUT2D eigenvalue weighted by Gasteiger charge is -2.22. The zero-order chi connectivity index (χ0) is 11.3. The molecule has 1 fully saturated rings. The van der Waals surface area contributed by atoms with E-state index in [9.17, 15) is 4.79 Å². The summed E-state index contributed by atoms with van der Waals surface area (Å²) in [5.74, 6) is 0.710. The maximum absolute atomic E-state index is 11.8. The fourth-order valence-corrected chi connectivity index (χ4v) is 1.93. The van der Waals surface area contributed by atoms with Crippen molar-refractivity contribution < 1.29 is 4.79 Å². The zero-order valence-corrected chi connectivity index (χ0v) is 9.80. The summed E-state index contributed by atoms with van der Waals surface area (Å²) in [6.07, 6.45) is 9.13. The molecule has 15 heavy (non-hydrogen) atoms. The largest absolute Gasteiger partial charge is 0.319 e. The van der Waals surface area contributed by atoms with Gasteiger partial charge in [-0.3, -0.25) is 4.79 Å². The highest BCUT2D eigenvalue weighted by molar-refractivity contribution is 5.88. The van der Waals surface area contributed by atoms with Crippen molar-refractivity contribution in [3.63, 3.8) is 0 Å². The van der Waals surface area contributed by atoms with Gasteiger partial charge in [-0.1, -0.05) is 12.5 Å². The van der Waals surface area contributed by atoms with Crippen LogP contribution < -0.4 is 5.73 Å². The summed E-state index contributed by atoms with van der Waals surface area (Å²) < 4.78 is 0. The highest BCUT2D eigenvalue weighted by Gasteiger charge is 2.42. The molecule has 1 aliphatic carbocycles. The van der Waals surface area contributed by atoms with Crippen molar-refractivity contribution in [3.05, 3.63) is 12.7 Å². The van der Waals surface area contributed by atoms with Gasteiger partial charge in [0.1, 0.15) is 0 Å². The maximum atomic E-state index is 11.8. The monoisotopic (exact) mass is 209 g/mol. The minimum atomic E-state index is -0.543. The van der Waals surface area contributed by atoms with Crippen molar-refractivity contribution in [1.29, 1.82) is 0 Å². The molecule has 1 saturated carbocycles. The summed E-state index contributed by atoms with van der Waals surface area (Å²) in [6, 6.07) is 0. The fraction of sp³-hybridized carbons (Fsp3) is 0.769. The number of rotatable bonds is 8. The molecule has 0 spiro atoms. The highest BCUT2D eigenvalue weighted by Crippen LogP contribution is 2.39. The average Bonchev–Trinajstić information content (AvgIpc) is 3.00. The second-order valence-electron chi connectivity index (χ2n) is 4.87. The van der Waals surface area contributed by atoms with Crippen molar-refractivity contribution in [3.8, 4) is 0 Å². The van der Waals surface area contributed by atoms with E-state index in [1.807, 2.05) is 13.0 Å². The van der Waals surface area contributed by atoms with E-state index in [0.29, 0.717) is 12.3 Å². The topological polar surface area (TPSA) is 43.1 Å². The Kier molecular flexibility index (Phi) is 4.52. The van der Waals surface area contributed by atoms with Gasteiger partial charge in [-0.15, -0.1) is 6.58 Å². The van der Waals surface area contributed by atoms with E-state index in [1.165, 1.54) is 0 Å². The lowest BCUT2D eigenvalue weighted by Crippen LogP contribution is -2.46. The molecule has 86 valence electrons. The number of unbranched alkanes of at least 4 members (excludes halogenated alkanes) is 3. The van der Waals surface area contributed by atoms with Crippen molar-refractivity contribution >= 4 is 5.78 Å². The molecule has 1 unspecified atom stereocenters. The lowest BCUT2D eigenvalue weighted by atomic mass is 9.89. The van der Waals surface area contributed by atoms with Crippen LogP contribution in [0.3, 0.4) is 0 Å². The molecule has 0 aliphatic heterocycles. The minimum absolute atomic E-state index is 0.253. The summed E-state index contributed by atoms with van der Waals surface area (Å²) in [5.41, 5.74) is 5.50. The number of nitrogens with two attached hydrogens (primary N) is 1. The molecule has 1 rings (SSSR count). The van der Waals surface area contributed by atoms with Crippen LogP contribution in [0, 0.1) is 5.92 Å². The van der Waals surface area contributed by atoms with Crippen molar-refractivity contribution in [2.24, 2.45) is 11.7 Å². The summed E-state index contributed by atoms with van der Waals surface area (Å²) in [5, 5.41) is 0. The first-order chi connectivity index (χ1) is 7.09. The van der Waals surface area contributed by atoms with Crippen LogP contribution in [-0.4, -0.2) is 11.3 Å². The first-order valence-corrected chi connectivity index (χ1v) is 6.02. The molecule has 2 N–H and O–H groups in total. The van der Waals surface area contributed by atoms with Gasteiger partial charge in [0.15, 0.2) is 5.78 Å². The third kappa shape index (κ3) is 3.78. The Bertz CT molecular complexity index is 229. The molecule has 0 radical (unpaired) electrons. The Morgan fingerprint density at radius 2 is 2.13 bits per heavy atom. The third-order valence-corrected chi connectivity index (χ3v) is 3.34. The Hall–Kier alpha value is -0.630. The fourth-order valence-electron chi connectivity index (χ4n) is 1.93. The van der Waals surface area contributed by atoms with Crippen molar-refractivity contribution in [2.75, 3.05) is 0 Å². The van der Waals surface area contributed by atoms with E-state index in [1.54, 1.807) is 0 Å². The zero-order valence-electron chi connectivity index (χ0n) is 9.80. The predicted molar refractivity (Wildman–Crippen MR) is 63.6 cm³/mol. The predicted octanol–water partition coefficient (Wildman–Crippen LogP) is 2.82. The van der Waals surface area contributed by atoms with Crippen LogP contribution in [0.4, 0.5) is 0 Å². The summed E-state index contributed by atoms with van der Waals surface area (Å²) in [4.78, 5) is 11.8. The van der Waals surface area contributed by atoms with Crippen LogP contribution in [0.25, 0.3) is 0 Å². The molecule has 0 aromatic heterocycles. The standard InChI is InChI=1S/C13H23NO/c1-3-4-5-6-7-8-12(15)13(2,14)11-9-10-11/h3,11H,1,4-10,14H2,2H3. The quantitative estimate of drug-likeness (QED) is 0.493. The van der Waals surface area contributed by atoms with E-state index >= 15 is 0 Å². The number of ketones is 1. The van der Waals surface area contributed by atoms with Gasteiger partial charge >= 0.3 is 0 Å². The summed E-state index contributed by atoms with van der Waals surface area (Å²) in [7, 11) is 0. The Morgan fingerprint density at radius 1 is 1.47 bits per heavy atom. The Labute approximate surface area is 92.9 Å². The van der Waals surface area contributed by atoms with E-state index in [0.717, 1.165) is 38.5 Å². The molecule has 1 aliphatic rings. The molecule has 0 aromatic rings. The smallest absolute Gasteiger partial charge is 0.152 e. The minimum Gasteiger partial charge on any atom is -0.319 e. The van der Waals surface area contributed by atoms with Crippen LogP contribution in [0.1, 0.15) is 51.9 Å². The summed E-state index contributed by atoms with van der Waals surface area (Å²) in [6.45, 7) is 5.58. The number of Topliss-reactive ketones (excluding diaryl/α,β-unsaturated/α-hetero) is 1. The van der Waals surface area contributed by atoms with Gasteiger partial charge in [-0.25, -0.2) is 0 Å². The molecular formula is C13H23NO. The van der Waals surface area contributed by atoms with Gasteiger partial charge < -0.3 is 5.73 Å². The van der Waals surface area contributed by atoms with Crippen LogP contribution in [-0.2, 0) is 4.79 Å². The molecule has 2 heteroatoms. The van der Waals surface area contributed by atoms with Crippen LogP contribution >= 0.6 is 0 Å². The number of carbonyl (C=O) groups excluding carboxylic acids is 1. The maximum Gasteiger partial charge on any atom is 0.152 e. The molecule has 0 saturated heterocycles. The summed E-state index contributed by atoms with van der Waals surface area (Å²) >= 11 is 0. The van der Waals surface area contributed by atoms with Gasteiger partial charge in [0, 0.05) is 6.42 Å². The Morgan fingerprint density at radius 3 is 2.67 bits per heavy atom. The number of hydrogen-bond donors (Lipinski definition) is 1. The number of hydrogen-bond acceptors (Lipinski definition) is 2. The molecule has 0 bridgehead atoms. The van der Waals surface area contributed by atoms with Crippen LogP contribution in [0.2, 0.25) is 0 Å². The first kappa shape index (κ1) is 12.4. The number of allylic oxidation sites excluding steroid dienone is 1. The van der Waals surface area contributed by atoms with E-state index in [4.69, 9.17) is 5.73 Å². The average molecular weight is 209 g/mol. The van der Waals surface area contributed by atoms with Gasteiger partial charge in [-0.05, 0) is 44.9 Å². The molecule has 2 nitrogen and oxygen atoms in total. The highest BCUT2D eigenvalue weighted by atomic mass is 16.1. The van der Waals surface area contributed by atoms with Gasteiger partial charge in [0.2, 0.25) is 0 Å². The van der Waals surface area contributed by atoms with Crippen molar-refractivity contribution in [1.82, 2.24) is 0 Å². The normalized spacial score (nSPS) is 19.6. The third-order valence-electron chi connectivity index (χ3n) is 3.34. The van der Waals surface area contributed by atoms with E-state index < -0.39 is 5.54 Å². The Balaban J connectivity index is 2.15. The molecule has 0 amide bonds. The van der Waals surface area contributed by atoms with Crippen molar-refractivity contribution in [2.45, 2.75) is 57.4 Å². The molecule has 0 aromatic carbocycles. The second kappa shape index (κ2) is 5.45.